The van der Waals surface area contributed by atoms with Crippen molar-refractivity contribution in [3.8, 4) is 0 Å². The van der Waals surface area contributed by atoms with Crippen LogP contribution in [0.5, 0.6) is 0 Å². The first kappa shape index (κ1) is 22.1. The first-order chi connectivity index (χ1) is 11.5. The number of nitrogens with zero attached hydrogens (tertiary/aromatic N) is 1. The van der Waals surface area contributed by atoms with Gasteiger partial charge in [0, 0.05) is 49.8 Å². The van der Waals surface area contributed by atoms with Gasteiger partial charge in [0.2, 0.25) is 5.91 Å². The lowest BCUT2D eigenvalue weighted by Crippen LogP contribution is -2.57. The summed E-state index contributed by atoms with van der Waals surface area (Å²) in [6.45, 7) is 1.36. The molecule has 1 aliphatic rings. The summed E-state index contributed by atoms with van der Waals surface area (Å²) >= 11 is 1.51. The zero-order chi connectivity index (χ0) is 17.4. The molecule has 142 valence electrons. The second kappa shape index (κ2) is 10.9. The molecule has 0 radical (unpaired) electrons. The fraction of sp³-hybridized carbons (Fsp3) is 0.562. The van der Waals surface area contributed by atoms with Crippen LogP contribution in [0.3, 0.4) is 0 Å². The van der Waals surface area contributed by atoms with Crippen molar-refractivity contribution < 1.29 is 18.0 Å². The molecule has 0 aromatic heterocycles. The quantitative estimate of drug-likeness (QED) is 0.694. The number of benzene rings is 1. The molecule has 2 rings (SSSR count). The number of hydrogen-bond donors (Lipinski definition) is 2. The molecule has 1 unspecified atom stereocenters. The van der Waals surface area contributed by atoms with Crippen LogP contribution in [-0.4, -0.2) is 61.5 Å². The minimum atomic E-state index is -4.34. The molecule has 1 fully saturated rings. The van der Waals surface area contributed by atoms with Gasteiger partial charge in [-0.2, -0.15) is 13.2 Å². The molecule has 1 aromatic rings. The third-order valence-electron chi connectivity index (χ3n) is 3.80. The zero-order valence-corrected chi connectivity index (χ0v) is 15.4. The lowest BCUT2D eigenvalue weighted by atomic mass is 10.2. The van der Waals surface area contributed by atoms with Gasteiger partial charge in [-0.25, -0.2) is 0 Å². The van der Waals surface area contributed by atoms with Crippen molar-refractivity contribution in [2.75, 3.05) is 38.5 Å². The van der Waals surface area contributed by atoms with Crippen molar-refractivity contribution in [2.45, 2.75) is 23.5 Å². The summed E-state index contributed by atoms with van der Waals surface area (Å²) in [6.07, 6.45) is -4.14. The highest BCUT2D eigenvalue weighted by molar-refractivity contribution is 7.99. The van der Waals surface area contributed by atoms with Crippen molar-refractivity contribution >= 4 is 30.1 Å². The van der Waals surface area contributed by atoms with Crippen LogP contribution in [0.4, 0.5) is 13.2 Å². The van der Waals surface area contributed by atoms with E-state index in [9.17, 15) is 18.0 Å². The number of nitrogens with one attached hydrogen (secondary N) is 2. The molecule has 1 saturated heterocycles. The Kier molecular flexibility index (Phi) is 9.63. The maximum Gasteiger partial charge on any atom is 0.405 e. The van der Waals surface area contributed by atoms with E-state index in [2.05, 4.69) is 10.6 Å². The van der Waals surface area contributed by atoms with E-state index < -0.39 is 18.8 Å². The minimum absolute atomic E-state index is 0. The third-order valence-corrected chi connectivity index (χ3v) is 4.82. The number of carbonyl (C=O) groups is 1. The minimum Gasteiger partial charge on any atom is -0.354 e. The Morgan fingerprint density at radius 2 is 1.88 bits per heavy atom. The molecule has 2 N–H and O–H groups in total. The Morgan fingerprint density at radius 1 is 1.24 bits per heavy atom. The predicted octanol–water partition coefficient (Wildman–Crippen LogP) is 2.54. The van der Waals surface area contributed by atoms with Gasteiger partial charge in [-0.05, 0) is 12.1 Å². The monoisotopic (exact) mass is 397 g/mol. The van der Waals surface area contributed by atoms with E-state index in [1.54, 1.807) is 0 Å². The van der Waals surface area contributed by atoms with Crippen molar-refractivity contribution in [3.05, 3.63) is 30.3 Å². The van der Waals surface area contributed by atoms with E-state index in [4.69, 9.17) is 0 Å². The highest BCUT2D eigenvalue weighted by Gasteiger charge is 2.43. The molecule has 1 aliphatic heterocycles. The van der Waals surface area contributed by atoms with Crippen molar-refractivity contribution in [2.24, 2.45) is 0 Å². The summed E-state index contributed by atoms with van der Waals surface area (Å²) < 4.78 is 39.6. The highest BCUT2D eigenvalue weighted by atomic mass is 35.5. The molecule has 0 spiro atoms. The molecule has 0 saturated carbocycles. The van der Waals surface area contributed by atoms with Crippen molar-refractivity contribution in [1.29, 1.82) is 0 Å². The average molecular weight is 398 g/mol. The number of amides is 1. The van der Waals surface area contributed by atoms with Gasteiger partial charge in [-0.1, -0.05) is 18.2 Å². The topological polar surface area (TPSA) is 44.4 Å². The molecular formula is C16H23ClF3N3OS. The number of halogens is 4. The molecule has 1 amide bonds. The second-order valence-corrected chi connectivity index (χ2v) is 6.73. The van der Waals surface area contributed by atoms with Crippen molar-refractivity contribution in [1.82, 2.24) is 15.5 Å². The molecule has 1 atom stereocenters. The van der Waals surface area contributed by atoms with Gasteiger partial charge in [0.15, 0.2) is 0 Å². The van der Waals surface area contributed by atoms with Crippen LogP contribution >= 0.6 is 24.2 Å². The highest BCUT2D eigenvalue weighted by Crippen LogP contribution is 2.25. The fourth-order valence-electron chi connectivity index (χ4n) is 2.52. The average Bonchev–Trinajstić information content (AvgIpc) is 2.56. The molecule has 4 nitrogen and oxygen atoms in total. The molecule has 0 aliphatic carbocycles. The van der Waals surface area contributed by atoms with Gasteiger partial charge >= 0.3 is 6.18 Å². The maximum atomic E-state index is 13.2. The third kappa shape index (κ3) is 7.85. The number of piperazine rings is 1. The Morgan fingerprint density at radius 3 is 2.48 bits per heavy atom. The van der Waals surface area contributed by atoms with Gasteiger partial charge in [-0.3, -0.25) is 9.69 Å². The molecule has 25 heavy (non-hydrogen) atoms. The van der Waals surface area contributed by atoms with Crippen LogP contribution in [0.1, 0.15) is 6.42 Å². The first-order valence-corrected chi connectivity index (χ1v) is 8.91. The summed E-state index contributed by atoms with van der Waals surface area (Å²) in [5.74, 6) is 0.197. The SMILES string of the molecule is Cl.O=C(CCSc1ccccc1)NCC(N1CCNCC1)C(F)(F)F. The molecule has 1 aromatic carbocycles. The Labute approximate surface area is 156 Å². The van der Waals surface area contributed by atoms with Crippen molar-refractivity contribution in [3.63, 3.8) is 0 Å². The van der Waals surface area contributed by atoms with Crippen LogP contribution in [0.25, 0.3) is 0 Å². The smallest absolute Gasteiger partial charge is 0.354 e. The van der Waals surface area contributed by atoms with E-state index in [1.165, 1.54) is 16.7 Å². The fourth-order valence-corrected chi connectivity index (χ4v) is 3.40. The van der Waals surface area contributed by atoms with Crippen LogP contribution in [0.2, 0.25) is 0 Å². The number of rotatable bonds is 7. The summed E-state index contributed by atoms with van der Waals surface area (Å²) in [5.41, 5.74) is 0. The van der Waals surface area contributed by atoms with Crippen LogP contribution in [-0.2, 0) is 4.79 Å². The Hall–Kier alpha value is -0.960. The summed E-state index contributed by atoms with van der Waals surface area (Å²) in [5, 5.41) is 5.47. The van der Waals surface area contributed by atoms with E-state index in [1.807, 2.05) is 30.3 Å². The normalized spacial score (nSPS) is 16.8. The van der Waals surface area contributed by atoms with Gasteiger partial charge in [0.25, 0.3) is 0 Å². The zero-order valence-electron chi connectivity index (χ0n) is 13.7. The Bertz CT molecular complexity index is 513. The summed E-state index contributed by atoms with van der Waals surface area (Å²) in [7, 11) is 0. The summed E-state index contributed by atoms with van der Waals surface area (Å²) in [4.78, 5) is 14.3. The van der Waals surface area contributed by atoms with Gasteiger partial charge in [0.1, 0.15) is 6.04 Å². The molecule has 0 bridgehead atoms. The number of hydrogen-bond acceptors (Lipinski definition) is 4. The lowest BCUT2D eigenvalue weighted by molar-refractivity contribution is -0.184. The number of thioether (sulfide) groups is 1. The number of carbonyl (C=O) groups excluding carboxylic acids is 1. The van der Waals surface area contributed by atoms with E-state index in [0.29, 0.717) is 31.9 Å². The standard InChI is InChI=1S/C16H22F3N3OS.ClH/c17-16(18,19)14(22-9-7-20-8-10-22)12-21-15(23)6-11-24-13-4-2-1-3-5-13;/h1-5,14,20H,6-12H2,(H,21,23);1H. The molecule has 1 heterocycles. The van der Waals surface area contributed by atoms with E-state index in [-0.39, 0.29) is 24.7 Å². The first-order valence-electron chi connectivity index (χ1n) is 7.93. The maximum absolute atomic E-state index is 13.2. The lowest BCUT2D eigenvalue weighted by Gasteiger charge is -2.35. The Balaban J connectivity index is 0.00000312. The summed E-state index contributed by atoms with van der Waals surface area (Å²) in [6, 6.07) is 7.97. The van der Waals surface area contributed by atoms with Crippen LogP contribution < -0.4 is 10.6 Å². The van der Waals surface area contributed by atoms with Crippen LogP contribution in [0, 0.1) is 0 Å². The number of alkyl halides is 3. The molecular weight excluding hydrogens is 375 g/mol. The van der Waals surface area contributed by atoms with E-state index in [0.717, 1.165) is 4.90 Å². The molecule has 9 heteroatoms. The van der Waals surface area contributed by atoms with Gasteiger partial charge in [-0.15, -0.1) is 24.2 Å². The van der Waals surface area contributed by atoms with Gasteiger partial charge < -0.3 is 10.6 Å². The van der Waals surface area contributed by atoms with Gasteiger partial charge in [0.05, 0.1) is 0 Å². The second-order valence-electron chi connectivity index (χ2n) is 5.56. The predicted molar refractivity (Wildman–Crippen MR) is 96.3 cm³/mol. The van der Waals surface area contributed by atoms with Crippen LogP contribution in [0.15, 0.2) is 35.2 Å². The largest absolute Gasteiger partial charge is 0.405 e. The van der Waals surface area contributed by atoms with E-state index >= 15 is 0 Å².